The van der Waals surface area contributed by atoms with Crippen molar-refractivity contribution in [3.63, 3.8) is 0 Å². The van der Waals surface area contributed by atoms with Gasteiger partial charge in [-0.1, -0.05) is 48.3 Å². The minimum atomic E-state index is -1.32. The molecule has 0 bridgehead atoms. The molecule has 0 radical (unpaired) electrons. The van der Waals surface area contributed by atoms with Crippen LogP contribution >= 0.6 is 23.2 Å². The Hall–Kier alpha value is -1.89. The molecule has 0 heterocycles. The van der Waals surface area contributed by atoms with Gasteiger partial charge in [-0.15, -0.1) is 0 Å². The van der Waals surface area contributed by atoms with Crippen molar-refractivity contribution in [1.82, 2.24) is 0 Å². The Kier molecular flexibility index (Phi) is 7.20. The number of amides is 1. The highest BCUT2D eigenvalue weighted by Gasteiger charge is 2.22. The fraction of sp³-hybridized carbons (Fsp3) is 0.222. The standard InChI is InChI=1S/C18H17Cl2NO4S/c1-3-26(24)15-10-5-4-7-12(15)18(23)25-11(2)17(22)21-14-9-6-8-13(19)16(14)20/h4-11H,3H2,1-2H3,(H,21,22). The van der Waals surface area contributed by atoms with Crippen LogP contribution < -0.4 is 5.32 Å². The predicted molar refractivity (Wildman–Crippen MR) is 103 cm³/mol. The molecule has 2 atom stereocenters. The van der Waals surface area contributed by atoms with Crippen molar-refractivity contribution in [2.75, 3.05) is 11.1 Å². The summed E-state index contributed by atoms with van der Waals surface area (Å²) in [5.74, 6) is -0.910. The van der Waals surface area contributed by atoms with Gasteiger partial charge >= 0.3 is 5.97 Å². The van der Waals surface area contributed by atoms with Gasteiger partial charge in [-0.2, -0.15) is 0 Å². The van der Waals surface area contributed by atoms with Crippen LogP contribution in [0.1, 0.15) is 24.2 Å². The van der Waals surface area contributed by atoms with Gasteiger partial charge in [0.15, 0.2) is 6.10 Å². The number of ether oxygens (including phenoxy) is 1. The predicted octanol–water partition coefficient (Wildman–Crippen LogP) is 4.30. The third kappa shape index (κ3) is 4.84. The molecular weight excluding hydrogens is 397 g/mol. The molecule has 138 valence electrons. The smallest absolute Gasteiger partial charge is 0.340 e. The number of carbonyl (C=O) groups is 2. The second-order valence-corrected chi connectivity index (χ2v) is 7.76. The maximum Gasteiger partial charge on any atom is 0.340 e. The van der Waals surface area contributed by atoms with Gasteiger partial charge in [0.1, 0.15) is 0 Å². The van der Waals surface area contributed by atoms with E-state index in [1.54, 1.807) is 43.3 Å². The Bertz CT molecular complexity index is 857. The maximum absolute atomic E-state index is 12.4. The number of halogens is 2. The van der Waals surface area contributed by atoms with E-state index in [2.05, 4.69) is 5.32 Å². The highest BCUT2D eigenvalue weighted by atomic mass is 35.5. The lowest BCUT2D eigenvalue weighted by atomic mass is 10.2. The second kappa shape index (κ2) is 9.16. The van der Waals surface area contributed by atoms with Crippen LogP contribution in [0.15, 0.2) is 47.4 Å². The van der Waals surface area contributed by atoms with Gasteiger partial charge in [-0.25, -0.2) is 4.79 Å². The fourth-order valence-corrected chi connectivity index (χ4v) is 3.39. The van der Waals surface area contributed by atoms with Crippen LogP contribution in [-0.4, -0.2) is 27.9 Å². The minimum Gasteiger partial charge on any atom is -0.449 e. The molecule has 2 aromatic rings. The average molecular weight is 414 g/mol. The van der Waals surface area contributed by atoms with E-state index in [0.717, 1.165) is 0 Å². The van der Waals surface area contributed by atoms with Crippen LogP contribution in [0.4, 0.5) is 5.69 Å². The van der Waals surface area contributed by atoms with Gasteiger partial charge in [0.25, 0.3) is 5.91 Å². The van der Waals surface area contributed by atoms with Crippen molar-refractivity contribution in [2.24, 2.45) is 0 Å². The molecule has 0 saturated carbocycles. The Balaban J connectivity index is 2.11. The third-order valence-corrected chi connectivity index (χ3v) is 5.67. The van der Waals surface area contributed by atoms with Crippen molar-refractivity contribution in [1.29, 1.82) is 0 Å². The van der Waals surface area contributed by atoms with E-state index in [-0.39, 0.29) is 10.6 Å². The topological polar surface area (TPSA) is 72.5 Å². The molecule has 0 aromatic heterocycles. The van der Waals surface area contributed by atoms with Crippen molar-refractivity contribution in [2.45, 2.75) is 24.8 Å². The van der Waals surface area contributed by atoms with Crippen molar-refractivity contribution in [3.8, 4) is 0 Å². The molecule has 0 fully saturated rings. The normalized spacial score (nSPS) is 12.9. The zero-order valence-electron chi connectivity index (χ0n) is 14.1. The summed E-state index contributed by atoms with van der Waals surface area (Å²) in [6, 6.07) is 11.3. The summed E-state index contributed by atoms with van der Waals surface area (Å²) in [6.07, 6.45) is -1.08. The number of nitrogens with one attached hydrogen (secondary N) is 1. The molecule has 0 spiro atoms. The number of esters is 1. The molecule has 2 aromatic carbocycles. The second-order valence-electron chi connectivity index (χ2n) is 5.27. The molecule has 0 aliphatic heterocycles. The zero-order valence-corrected chi connectivity index (χ0v) is 16.5. The molecule has 26 heavy (non-hydrogen) atoms. The first-order chi connectivity index (χ1) is 12.3. The lowest BCUT2D eigenvalue weighted by molar-refractivity contribution is -0.123. The Morgan fingerprint density at radius 3 is 2.54 bits per heavy atom. The molecule has 0 saturated heterocycles. The monoisotopic (exact) mass is 413 g/mol. The van der Waals surface area contributed by atoms with Crippen LogP contribution in [0, 0.1) is 0 Å². The maximum atomic E-state index is 12.4. The van der Waals surface area contributed by atoms with E-state index in [0.29, 0.717) is 21.4 Å². The first kappa shape index (κ1) is 20.4. The van der Waals surface area contributed by atoms with E-state index >= 15 is 0 Å². The Morgan fingerprint density at radius 2 is 1.85 bits per heavy atom. The van der Waals surface area contributed by atoms with Crippen LogP contribution in [0.25, 0.3) is 0 Å². The first-order valence-corrected chi connectivity index (χ1v) is 9.85. The number of hydrogen-bond donors (Lipinski definition) is 1. The summed E-state index contributed by atoms with van der Waals surface area (Å²) in [5.41, 5.74) is 0.493. The Labute approximate surface area is 164 Å². The SMILES string of the molecule is CCS(=O)c1ccccc1C(=O)OC(C)C(=O)Nc1cccc(Cl)c1Cl. The summed E-state index contributed by atoms with van der Waals surface area (Å²) in [6.45, 7) is 3.19. The summed E-state index contributed by atoms with van der Waals surface area (Å²) in [7, 11) is -1.32. The lowest BCUT2D eigenvalue weighted by Gasteiger charge is -2.15. The molecule has 0 aliphatic rings. The third-order valence-electron chi connectivity index (χ3n) is 3.48. The zero-order chi connectivity index (χ0) is 19.3. The van der Waals surface area contributed by atoms with Crippen molar-refractivity contribution < 1.29 is 18.5 Å². The molecule has 0 aliphatic carbocycles. The average Bonchev–Trinajstić information content (AvgIpc) is 2.64. The van der Waals surface area contributed by atoms with Crippen LogP contribution in [0.2, 0.25) is 10.0 Å². The van der Waals surface area contributed by atoms with Gasteiger partial charge < -0.3 is 10.1 Å². The summed E-state index contributed by atoms with van der Waals surface area (Å²) in [5, 5.41) is 3.06. The minimum absolute atomic E-state index is 0.174. The molecule has 1 N–H and O–H groups in total. The van der Waals surface area contributed by atoms with E-state index < -0.39 is 28.8 Å². The highest BCUT2D eigenvalue weighted by molar-refractivity contribution is 7.85. The van der Waals surface area contributed by atoms with Gasteiger partial charge in [0, 0.05) is 5.75 Å². The highest BCUT2D eigenvalue weighted by Crippen LogP contribution is 2.29. The van der Waals surface area contributed by atoms with Crippen LogP contribution in [0.3, 0.4) is 0 Å². The molecule has 1 amide bonds. The number of rotatable bonds is 6. The van der Waals surface area contributed by atoms with Gasteiger partial charge in [-0.05, 0) is 31.2 Å². The van der Waals surface area contributed by atoms with Crippen molar-refractivity contribution >= 4 is 51.6 Å². The van der Waals surface area contributed by atoms with E-state index in [4.69, 9.17) is 27.9 Å². The summed E-state index contributed by atoms with van der Waals surface area (Å²) >= 11 is 11.9. The van der Waals surface area contributed by atoms with E-state index in [9.17, 15) is 13.8 Å². The van der Waals surface area contributed by atoms with E-state index in [1.807, 2.05) is 0 Å². The number of anilines is 1. The number of benzene rings is 2. The quantitative estimate of drug-likeness (QED) is 0.716. The van der Waals surface area contributed by atoms with Gasteiger partial charge in [-0.3, -0.25) is 9.00 Å². The van der Waals surface area contributed by atoms with Crippen LogP contribution in [0.5, 0.6) is 0 Å². The van der Waals surface area contributed by atoms with Crippen LogP contribution in [-0.2, 0) is 20.3 Å². The van der Waals surface area contributed by atoms with Crippen molar-refractivity contribution in [3.05, 3.63) is 58.1 Å². The largest absolute Gasteiger partial charge is 0.449 e. The molecule has 2 unspecified atom stereocenters. The first-order valence-electron chi connectivity index (χ1n) is 7.78. The summed E-state index contributed by atoms with van der Waals surface area (Å²) in [4.78, 5) is 25.0. The molecule has 5 nitrogen and oxygen atoms in total. The number of carbonyl (C=O) groups excluding carboxylic acids is 2. The molecular formula is C18H17Cl2NO4S. The fourth-order valence-electron chi connectivity index (χ4n) is 2.10. The molecule has 2 rings (SSSR count). The lowest BCUT2D eigenvalue weighted by Crippen LogP contribution is -2.30. The van der Waals surface area contributed by atoms with Gasteiger partial charge in [0.05, 0.1) is 37.0 Å². The summed E-state index contributed by atoms with van der Waals surface area (Å²) < 4.78 is 17.3. The number of hydrogen-bond acceptors (Lipinski definition) is 4. The Morgan fingerprint density at radius 1 is 1.15 bits per heavy atom. The van der Waals surface area contributed by atoms with E-state index in [1.165, 1.54) is 13.0 Å². The molecule has 8 heteroatoms. The van der Waals surface area contributed by atoms with Gasteiger partial charge in [0.2, 0.25) is 0 Å².